The molecule has 8 nitrogen and oxygen atoms in total. The zero-order valence-electron chi connectivity index (χ0n) is 14.7. The Labute approximate surface area is 152 Å². The van der Waals surface area contributed by atoms with Gasteiger partial charge in [-0.25, -0.2) is 8.42 Å². The molecule has 0 saturated carbocycles. The fourth-order valence-corrected chi connectivity index (χ4v) is 4.51. The summed E-state index contributed by atoms with van der Waals surface area (Å²) in [6, 6.07) is 5.18. The molecule has 2 rings (SSSR count). The minimum atomic E-state index is -3.02. The molecular weight excluding hydrogens is 360 g/mol. The van der Waals surface area contributed by atoms with E-state index in [9.17, 15) is 18.0 Å². The van der Waals surface area contributed by atoms with E-state index in [2.05, 4.69) is 10.9 Å². The molecule has 0 aliphatic carbocycles. The molecule has 1 saturated heterocycles. The van der Waals surface area contributed by atoms with Crippen LogP contribution in [0.1, 0.15) is 18.4 Å². The Balaban J connectivity index is 1.81. The van der Waals surface area contributed by atoms with Gasteiger partial charge in [-0.15, -0.1) is 0 Å². The van der Waals surface area contributed by atoms with Crippen molar-refractivity contribution >= 4 is 27.7 Å². The third-order valence-electron chi connectivity index (χ3n) is 3.96. The lowest BCUT2D eigenvalue weighted by molar-refractivity contribution is -0.127. The molecule has 2 amide bonds. The van der Waals surface area contributed by atoms with Crippen molar-refractivity contribution in [1.82, 2.24) is 10.9 Å². The maximum absolute atomic E-state index is 11.8. The van der Waals surface area contributed by atoms with E-state index in [-0.39, 0.29) is 23.8 Å². The van der Waals surface area contributed by atoms with E-state index in [1.54, 1.807) is 24.3 Å². The molecular formula is C17H22N2O6S. The highest BCUT2D eigenvalue weighted by atomic mass is 32.2. The van der Waals surface area contributed by atoms with Gasteiger partial charge in [-0.05, 0) is 36.1 Å². The van der Waals surface area contributed by atoms with E-state index in [0.29, 0.717) is 17.9 Å². The van der Waals surface area contributed by atoms with Gasteiger partial charge >= 0.3 is 0 Å². The van der Waals surface area contributed by atoms with E-state index in [1.165, 1.54) is 20.3 Å². The third-order valence-corrected chi connectivity index (χ3v) is 5.80. The molecule has 0 aromatic heterocycles. The molecule has 0 radical (unpaired) electrons. The molecule has 142 valence electrons. The van der Waals surface area contributed by atoms with Crippen molar-refractivity contribution in [2.24, 2.45) is 5.92 Å². The van der Waals surface area contributed by atoms with Gasteiger partial charge in [0.05, 0.1) is 25.7 Å². The number of benzene rings is 1. The van der Waals surface area contributed by atoms with Crippen LogP contribution in [0, 0.1) is 5.92 Å². The van der Waals surface area contributed by atoms with Gasteiger partial charge in [0.25, 0.3) is 5.91 Å². The molecule has 1 aliphatic rings. The molecule has 0 spiro atoms. The predicted molar refractivity (Wildman–Crippen MR) is 96.2 cm³/mol. The minimum absolute atomic E-state index is 0.0214. The van der Waals surface area contributed by atoms with Gasteiger partial charge in [0.2, 0.25) is 5.91 Å². The normalized spacial score (nSPS) is 18.5. The number of nitrogens with one attached hydrogen (secondary N) is 2. The molecule has 1 unspecified atom stereocenters. The Bertz CT molecular complexity index is 803. The van der Waals surface area contributed by atoms with Crippen molar-refractivity contribution in [1.29, 1.82) is 0 Å². The van der Waals surface area contributed by atoms with Crippen LogP contribution in [0.25, 0.3) is 6.08 Å². The quantitative estimate of drug-likeness (QED) is 0.553. The number of carbonyl (C=O) groups is 2. The Hall–Kier alpha value is -2.55. The SMILES string of the molecule is COc1ccc(/C=C/C(=O)NNC(=O)CC2CCS(=O)(=O)C2)cc1OC. The Morgan fingerprint density at radius 3 is 2.54 bits per heavy atom. The van der Waals surface area contributed by atoms with E-state index in [0.717, 1.165) is 5.56 Å². The summed E-state index contributed by atoms with van der Waals surface area (Å²) in [5.74, 6) is 0.135. The highest BCUT2D eigenvalue weighted by Crippen LogP contribution is 2.27. The first-order valence-corrected chi connectivity index (χ1v) is 9.84. The highest BCUT2D eigenvalue weighted by Gasteiger charge is 2.29. The Morgan fingerprint density at radius 2 is 1.92 bits per heavy atom. The maximum Gasteiger partial charge on any atom is 0.262 e. The molecule has 1 heterocycles. The van der Waals surface area contributed by atoms with Crippen LogP contribution in [0.3, 0.4) is 0 Å². The van der Waals surface area contributed by atoms with Crippen LogP contribution in [-0.2, 0) is 19.4 Å². The van der Waals surface area contributed by atoms with Crippen molar-refractivity contribution in [2.75, 3.05) is 25.7 Å². The summed E-state index contributed by atoms with van der Waals surface area (Å²) in [7, 11) is 0.0291. The smallest absolute Gasteiger partial charge is 0.262 e. The summed E-state index contributed by atoms with van der Waals surface area (Å²) >= 11 is 0. The number of hydrogen-bond donors (Lipinski definition) is 2. The van der Waals surface area contributed by atoms with E-state index < -0.39 is 21.7 Å². The molecule has 0 bridgehead atoms. The van der Waals surface area contributed by atoms with Crippen LogP contribution in [0.15, 0.2) is 24.3 Å². The molecule has 1 aromatic rings. The van der Waals surface area contributed by atoms with Crippen molar-refractivity contribution < 1.29 is 27.5 Å². The first-order chi connectivity index (χ1) is 12.3. The lowest BCUT2D eigenvalue weighted by Crippen LogP contribution is -2.41. The molecule has 9 heteroatoms. The van der Waals surface area contributed by atoms with Crippen molar-refractivity contribution in [3.63, 3.8) is 0 Å². The summed E-state index contributed by atoms with van der Waals surface area (Å²) in [4.78, 5) is 23.5. The molecule has 1 aliphatic heterocycles. The van der Waals surface area contributed by atoms with Crippen molar-refractivity contribution in [3.05, 3.63) is 29.8 Å². The summed E-state index contributed by atoms with van der Waals surface area (Å²) in [6.07, 6.45) is 3.37. The lowest BCUT2D eigenvalue weighted by Gasteiger charge is -2.09. The van der Waals surface area contributed by atoms with Gasteiger partial charge in [0, 0.05) is 12.5 Å². The van der Waals surface area contributed by atoms with Gasteiger partial charge in [-0.3, -0.25) is 20.4 Å². The Morgan fingerprint density at radius 1 is 1.19 bits per heavy atom. The van der Waals surface area contributed by atoms with E-state index >= 15 is 0 Å². The second-order valence-electron chi connectivity index (χ2n) is 5.96. The molecule has 1 fully saturated rings. The van der Waals surface area contributed by atoms with Gasteiger partial charge in [0.15, 0.2) is 21.3 Å². The van der Waals surface area contributed by atoms with Crippen LogP contribution in [0.5, 0.6) is 11.5 Å². The topological polar surface area (TPSA) is 111 Å². The van der Waals surface area contributed by atoms with Crippen LogP contribution >= 0.6 is 0 Å². The summed E-state index contributed by atoms with van der Waals surface area (Å²) in [5.41, 5.74) is 5.27. The molecule has 1 atom stereocenters. The molecule has 2 N–H and O–H groups in total. The second kappa shape index (κ2) is 8.70. The zero-order chi connectivity index (χ0) is 19.2. The Kier molecular flexibility index (Phi) is 6.62. The monoisotopic (exact) mass is 382 g/mol. The van der Waals surface area contributed by atoms with Crippen LogP contribution in [-0.4, -0.2) is 46.0 Å². The molecule has 1 aromatic carbocycles. The zero-order valence-corrected chi connectivity index (χ0v) is 15.5. The van der Waals surface area contributed by atoms with Gasteiger partial charge < -0.3 is 9.47 Å². The average Bonchev–Trinajstić information content (AvgIpc) is 2.96. The van der Waals surface area contributed by atoms with E-state index in [1.807, 2.05) is 0 Å². The summed E-state index contributed by atoms with van der Waals surface area (Å²) < 4.78 is 33.1. The van der Waals surface area contributed by atoms with Crippen LogP contribution in [0.4, 0.5) is 0 Å². The lowest BCUT2D eigenvalue weighted by atomic mass is 10.1. The molecule has 26 heavy (non-hydrogen) atoms. The standard InChI is InChI=1S/C17H22N2O6S/c1-24-14-5-3-12(9-15(14)25-2)4-6-16(20)18-19-17(21)10-13-7-8-26(22,23)11-13/h3-6,9,13H,7-8,10-11H2,1-2H3,(H,18,20)(H,19,21)/b6-4+. The van der Waals surface area contributed by atoms with E-state index in [4.69, 9.17) is 9.47 Å². The number of carbonyl (C=O) groups excluding carboxylic acids is 2. The van der Waals surface area contributed by atoms with Crippen molar-refractivity contribution in [2.45, 2.75) is 12.8 Å². The minimum Gasteiger partial charge on any atom is -0.493 e. The fraction of sp³-hybridized carbons (Fsp3) is 0.412. The number of sulfone groups is 1. The summed E-state index contributed by atoms with van der Waals surface area (Å²) in [5, 5.41) is 0. The number of ether oxygens (including phenoxy) is 2. The number of amides is 2. The maximum atomic E-state index is 11.8. The van der Waals surface area contributed by atoms with Crippen LogP contribution < -0.4 is 20.3 Å². The average molecular weight is 382 g/mol. The van der Waals surface area contributed by atoms with Crippen LogP contribution in [0.2, 0.25) is 0 Å². The largest absolute Gasteiger partial charge is 0.493 e. The number of hydrazine groups is 1. The fourth-order valence-electron chi connectivity index (χ4n) is 2.65. The second-order valence-corrected chi connectivity index (χ2v) is 8.19. The van der Waals surface area contributed by atoms with Gasteiger partial charge in [0.1, 0.15) is 0 Å². The predicted octanol–water partition coefficient (Wildman–Crippen LogP) is 0.689. The van der Waals surface area contributed by atoms with Crippen molar-refractivity contribution in [3.8, 4) is 11.5 Å². The number of hydrogen-bond acceptors (Lipinski definition) is 6. The number of methoxy groups -OCH3 is 2. The highest BCUT2D eigenvalue weighted by molar-refractivity contribution is 7.91. The van der Waals surface area contributed by atoms with Gasteiger partial charge in [-0.2, -0.15) is 0 Å². The first kappa shape index (κ1) is 19.8. The summed E-state index contributed by atoms with van der Waals surface area (Å²) in [6.45, 7) is 0. The number of rotatable bonds is 6. The van der Waals surface area contributed by atoms with Gasteiger partial charge in [-0.1, -0.05) is 6.07 Å². The first-order valence-electron chi connectivity index (χ1n) is 8.02. The third kappa shape index (κ3) is 5.76.